The molecule has 11 rings (SSSR count). The molecule has 11 aromatic rings. The minimum Gasteiger partial charge on any atom is -0.309 e. The van der Waals surface area contributed by atoms with Gasteiger partial charge in [-0.3, -0.25) is 0 Å². The van der Waals surface area contributed by atoms with Crippen LogP contribution >= 0.6 is 0 Å². The van der Waals surface area contributed by atoms with Crippen LogP contribution in [0.2, 0.25) is 0 Å². The molecule has 0 aliphatic heterocycles. The molecule has 258 valence electrons. The number of hydrogen-bond acceptors (Lipinski definition) is 1. The molecule has 0 bridgehead atoms. The lowest BCUT2D eigenvalue weighted by Gasteiger charge is -2.12. The van der Waals surface area contributed by atoms with Gasteiger partial charge in [0.15, 0.2) is 0 Å². The second-order valence-corrected chi connectivity index (χ2v) is 14.0. The van der Waals surface area contributed by atoms with E-state index >= 15 is 0 Å². The predicted molar refractivity (Wildman–Crippen MR) is 220 cm³/mol. The fourth-order valence-corrected chi connectivity index (χ4v) is 8.61. The average molecular weight is 711 g/mol. The number of halogens is 2. The van der Waals surface area contributed by atoms with Gasteiger partial charge in [0.2, 0.25) is 0 Å². The molecule has 0 atom stereocenters. The molecule has 0 saturated carbocycles. The van der Waals surface area contributed by atoms with Crippen molar-refractivity contribution in [3.63, 3.8) is 0 Å². The number of aromatic nitrogens is 3. The zero-order chi connectivity index (χ0) is 36.8. The number of nitrogens with zero attached hydrogens (tertiary/aromatic N) is 4. The Kier molecular flexibility index (Phi) is 6.64. The van der Waals surface area contributed by atoms with Gasteiger partial charge in [-0.1, -0.05) is 84.9 Å². The summed E-state index contributed by atoms with van der Waals surface area (Å²) in [5, 5.41) is 16.2. The summed E-state index contributed by atoms with van der Waals surface area (Å²) < 4.78 is 36.1. The van der Waals surface area contributed by atoms with Gasteiger partial charge in [-0.15, -0.1) is 0 Å². The summed E-state index contributed by atoms with van der Waals surface area (Å²) in [4.78, 5) is 0. The van der Waals surface area contributed by atoms with Crippen molar-refractivity contribution in [3.05, 3.63) is 187 Å². The van der Waals surface area contributed by atoms with Crippen molar-refractivity contribution in [2.75, 3.05) is 0 Å². The quantitative estimate of drug-likeness (QED) is 0.179. The van der Waals surface area contributed by atoms with Crippen molar-refractivity contribution in [1.29, 1.82) is 5.26 Å². The Morgan fingerprint density at radius 2 is 0.691 bits per heavy atom. The first-order chi connectivity index (χ1) is 27.1. The van der Waals surface area contributed by atoms with Crippen LogP contribution in [0.3, 0.4) is 0 Å². The second kappa shape index (κ2) is 11.8. The molecule has 4 nitrogen and oxygen atoms in total. The molecular weight excluding hydrogens is 683 g/mol. The normalized spacial score (nSPS) is 11.8. The van der Waals surface area contributed by atoms with Gasteiger partial charge in [0, 0.05) is 49.4 Å². The van der Waals surface area contributed by atoms with Gasteiger partial charge in [-0.05, 0) is 96.1 Å². The Morgan fingerprint density at radius 1 is 0.345 bits per heavy atom. The molecule has 0 unspecified atom stereocenters. The highest BCUT2D eigenvalue weighted by Crippen LogP contribution is 2.39. The van der Waals surface area contributed by atoms with E-state index in [-0.39, 0.29) is 0 Å². The van der Waals surface area contributed by atoms with Crippen molar-refractivity contribution in [2.24, 2.45) is 0 Å². The molecule has 0 aliphatic carbocycles. The first-order valence-corrected chi connectivity index (χ1v) is 18.1. The lowest BCUT2D eigenvalue weighted by Crippen LogP contribution is -1.97. The van der Waals surface area contributed by atoms with Crippen LogP contribution < -0.4 is 0 Å². The zero-order valence-electron chi connectivity index (χ0n) is 29.2. The van der Waals surface area contributed by atoms with Gasteiger partial charge in [0.05, 0.1) is 33.1 Å². The molecule has 55 heavy (non-hydrogen) atoms. The second-order valence-electron chi connectivity index (χ2n) is 14.0. The van der Waals surface area contributed by atoms with Crippen LogP contribution in [0, 0.1) is 23.0 Å². The largest absolute Gasteiger partial charge is 0.309 e. The van der Waals surface area contributed by atoms with E-state index in [1.807, 2.05) is 24.3 Å². The predicted octanol–water partition coefficient (Wildman–Crippen LogP) is 12.8. The van der Waals surface area contributed by atoms with Gasteiger partial charge < -0.3 is 13.7 Å². The highest BCUT2D eigenvalue weighted by Gasteiger charge is 2.19. The molecule has 0 amide bonds. The summed E-state index contributed by atoms with van der Waals surface area (Å²) >= 11 is 0. The topological polar surface area (TPSA) is 38.6 Å². The summed E-state index contributed by atoms with van der Waals surface area (Å²) in [6.45, 7) is 0. The molecule has 3 heterocycles. The summed E-state index contributed by atoms with van der Waals surface area (Å²) in [6.07, 6.45) is 0. The first kappa shape index (κ1) is 31.1. The molecule has 0 saturated heterocycles. The van der Waals surface area contributed by atoms with Crippen LogP contribution in [0.25, 0.3) is 93.6 Å². The van der Waals surface area contributed by atoms with E-state index < -0.39 is 17.2 Å². The Balaban J connectivity index is 1.16. The SMILES string of the molecule is N#Cc1c(F)cc(-c2ccc(-n3c4ccc(-n5c6ccccc6c6ccccc65)cc4c4cc(-n5c6ccccc6c6ccccc65)ccc43)cc2)cc1F. The van der Waals surface area contributed by atoms with Crippen LogP contribution in [-0.4, -0.2) is 13.7 Å². The van der Waals surface area contributed by atoms with Gasteiger partial charge in [-0.2, -0.15) is 5.26 Å². The van der Waals surface area contributed by atoms with Crippen LogP contribution in [0.4, 0.5) is 8.78 Å². The van der Waals surface area contributed by atoms with E-state index in [2.05, 4.69) is 147 Å². The maximum absolute atomic E-state index is 14.6. The van der Waals surface area contributed by atoms with Crippen LogP contribution in [0.1, 0.15) is 5.56 Å². The lowest BCUT2D eigenvalue weighted by molar-refractivity contribution is 0.577. The Morgan fingerprint density at radius 3 is 1.09 bits per heavy atom. The summed E-state index contributed by atoms with van der Waals surface area (Å²) in [7, 11) is 0. The third-order valence-corrected chi connectivity index (χ3v) is 11.0. The minimum absolute atomic E-state index is 0.370. The Bertz CT molecular complexity index is 3110. The van der Waals surface area contributed by atoms with E-state index in [9.17, 15) is 8.78 Å². The highest BCUT2D eigenvalue weighted by molar-refractivity contribution is 6.14. The van der Waals surface area contributed by atoms with Crippen LogP contribution in [-0.2, 0) is 0 Å². The van der Waals surface area contributed by atoms with Gasteiger partial charge in [0.1, 0.15) is 23.3 Å². The highest BCUT2D eigenvalue weighted by atomic mass is 19.1. The molecule has 6 heteroatoms. The van der Waals surface area contributed by atoms with Crippen LogP contribution in [0.5, 0.6) is 0 Å². The van der Waals surface area contributed by atoms with Gasteiger partial charge in [0.25, 0.3) is 0 Å². The Hall–Kier alpha value is -7.49. The lowest BCUT2D eigenvalue weighted by atomic mass is 10.0. The molecular formula is C49H28F2N4. The third kappa shape index (κ3) is 4.54. The summed E-state index contributed by atoms with van der Waals surface area (Å²) in [6, 6.07) is 59.2. The Labute approximate surface area is 313 Å². The molecule has 0 spiro atoms. The smallest absolute Gasteiger partial charge is 0.144 e. The van der Waals surface area contributed by atoms with Crippen molar-refractivity contribution in [1.82, 2.24) is 13.7 Å². The summed E-state index contributed by atoms with van der Waals surface area (Å²) in [5.41, 5.74) is 10.1. The maximum Gasteiger partial charge on any atom is 0.144 e. The number of benzene rings is 8. The molecule has 8 aromatic carbocycles. The van der Waals surface area contributed by atoms with Crippen molar-refractivity contribution < 1.29 is 8.78 Å². The zero-order valence-corrected chi connectivity index (χ0v) is 29.2. The third-order valence-electron chi connectivity index (χ3n) is 11.0. The van der Waals surface area contributed by atoms with Crippen LogP contribution in [0.15, 0.2) is 170 Å². The number of fused-ring (bicyclic) bond motifs is 9. The minimum atomic E-state index is -0.873. The number of nitriles is 1. The monoisotopic (exact) mass is 710 g/mol. The van der Waals surface area contributed by atoms with Gasteiger partial charge in [-0.25, -0.2) is 8.78 Å². The molecule has 0 fully saturated rings. The maximum atomic E-state index is 14.6. The standard InChI is InChI=1S/C49H28F2N4/c50-42-25-31(26-43(51)41(42)29-52)30-17-19-32(20-18-30)53-48-23-21-33(54-44-13-5-1-9-35(44)36-10-2-6-14-45(36)54)27-39(48)40-28-34(22-24-49(40)53)55-46-15-7-3-11-37(46)38-12-4-8-16-47(38)55/h1-28H. The average Bonchev–Trinajstić information content (AvgIpc) is 3.86. The van der Waals surface area contributed by atoms with Crippen molar-refractivity contribution in [3.8, 4) is 34.3 Å². The molecule has 0 radical (unpaired) electrons. The van der Waals surface area contributed by atoms with E-state index in [4.69, 9.17) is 5.26 Å². The number of rotatable bonds is 4. The first-order valence-electron chi connectivity index (χ1n) is 18.1. The molecule has 3 aromatic heterocycles. The van der Waals surface area contributed by atoms with E-state index in [0.717, 1.165) is 60.9 Å². The molecule has 0 N–H and O–H groups in total. The number of hydrogen-bond donors (Lipinski definition) is 0. The fourth-order valence-electron chi connectivity index (χ4n) is 8.61. The van der Waals surface area contributed by atoms with E-state index in [1.165, 1.54) is 33.7 Å². The van der Waals surface area contributed by atoms with Crippen molar-refractivity contribution >= 4 is 65.4 Å². The van der Waals surface area contributed by atoms with E-state index in [0.29, 0.717) is 11.1 Å². The van der Waals surface area contributed by atoms with Gasteiger partial charge >= 0.3 is 0 Å². The van der Waals surface area contributed by atoms with E-state index in [1.54, 1.807) is 6.07 Å². The summed E-state index contributed by atoms with van der Waals surface area (Å²) in [5.74, 6) is -1.75. The fraction of sp³-hybridized carbons (Fsp3) is 0. The van der Waals surface area contributed by atoms with Crippen molar-refractivity contribution in [2.45, 2.75) is 0 Å². The molecule has 0 aliphatic rings. The number of para-hydroxylation sites is 4.